The standard InChI is InChI=1S/C11H21NO/c1-11(8-12-3-4-13-2)6-9-5-10(9)7-11/h9-10,12H,3-8H2,1-2H3. The summed E-state index contributed by atoms with van der Waals surface area (Å²) in [6.07, 6.45) is 4.43. The molecule has 13 heavy (non-hydrogen) atoms. The maximum absolute atomic E-state index is 5.01. The fourth-order valence-corrected chi connectivity index (χ4v) is 2.87. The molecule has 0 amide bonds. The molecule has 0 saturated heterocycles. The van der Waals surface area contributed by atoms with Crippen LogP contribution >= 0.6 is 0 Å². The molecule has 76 valence electrons. The van der Waals surface area contributed by atoms with Gasteiger partial charge in [-0.3, -0.25) is 0 Å². The van der Waals surface area contributed by atoms with Crippen molar-refractivity contribution < 1.29 is 4.74 Å². The highest BCUT2D eigenvalue weighted by atomic mass is 16.5. The smallest absolute Gasteiger partial charge is 0.0587 e. The average molecular weight is 183 g/mol. The van der Waals surface area contributed by atoms with E-state index in [1.54, 1.807) is 7.11 Å². The SMILES string of the molecule is COCCNCC1(C)CC2CC2C1. The molecule has 0 aromatic heterocycles. The van der Waals surface area contributed by atoms with Gasteiger partial charge in [-0.15, -0.1) is 0 Å². The fraction of sp³-hybridized carbons (Fsp3) is 1.00. The zero-order valence-corrected chi connectivity index (χ0v) is 8.81. The largest absolute Gasteiger partial charge is 0.383 e. The van der Waals surface area contributed by atoms with Gasteiger partial charge in [0.15, 0.2) is 0 Å². The van der Waals surface area contributed by atoms with Crippen LogP contribution in [0.2, 0.25) is 0 Å². The first-order valence-electron chi connectivity index (χ1n) is 5.43. The number of nitrogens with one attached hydrogen (secondary N) is 1. The lowest BCUT2D eigenvalue weighted by Crippen LogP contribution is -2.32. The van der Waals surface area contributed by atoms with E-state index in [4.69, 9.17) is 4.74 Å². The molecule has 2 atom stereocenters. The van der Waals surface area contributed by atoms with Crippen molar-refractivity contribution >= 4 is 0 Å². The van der Waals surface area contributed by atoms with E-state index in [9.17, 15) is 0 Å². The van der Waals surface area contributed by atoms with Crippen molar-refractivity contribution in [2.45, 2.75) is 26.2 Å². The molecule has 2 fully saturated rings. The summed E-state index contributed by atoms with van der Waals surface area (Å²) in [6, 6.07) is 0. The van der Waals surface area contributed by atoms with Gasteiger partial charge in [-0.1, -0.05) is 6.92 Å². The maximum Gasteiger partial charge on any atom is 0.0587 e. The van der Waals surface area contributed by atoms with E-state index < -0.39 is 0 Å². The quantitative estimate of drug-likeness (QED) is 0.654. The predicted octanol–water partition coefficient (Wildman–Crippen LogP) is 1.66. The van der Waals surface area contributed by atoms with Crippen LogP contribution in [0.1, 0.15) is 26.2 Å². The van der Waals surface area contributed by atoms with Crippen LogP contribution in [-0.4, -0.2) is 26.8 Å². The molecular formula is C11H21NO. The average Bonchev–Trinajstić information content (AvgIpc) is 2.70. The zero-order chi connectivity index (χ0) is 9.31. The number of methoxy groups -OCH3 is 1. The molecule has 2 nitrogen and oxygen atoms in total. The van der Waals surface area contributed by atoms with Crippen molar-refractivity contribution in [2.75, 3.05) is 26.8 Å². The summed E-state index contributed by atoms with van der Waals surface area (Å²) < 4.78 is 5.01. The molecule has 0 spiro atoms. The molecule has 0 aromatic carbocycles. The molecule has 0 aliphatic heterocycles. The van der Waals surface area contributed by atoms with E-state index >= 15 is 0 Å². The molecule has 0 bridgehead atoms. The van der Waals surface area contributed by atoms with Gasteiger partial charge in [0, 0.05) is 20.2 Å². The first-order valence-corrected chi connectivity index (χ1v) is 5.43. The Balaban J connectivity index is 1.63. The zero-order valence-electron chi connectivity index (χ0n) is 8.81. The van der Waals surface area contributed by atoms with Crippen LogP contribution in [0.3, 0.4) is 0 Å². The van der Waals surface area contributed by atoms with Crippen molar-refractivity contribution in [1.29, 1.82) is 0 Å². The molecule has 2 heteroatoms. The number of fused-ring (bicyclic) bond motifs is 1. The lowest BCUT2D eigenvalue weighted by Gasteiger charge is -2.26. The Bertz CT molecular complexity index is 171. The highest BCUT2D eigenvalue weighted by Gasteiger charge is 2.51. The number of hydrogen-bond acceptors (Lipinski definition) is 2. The molecule has 2 rings (SSSR count). The van der Waals surface area contributed by atoms with Crippen LogP contribution in [0, 0.1) is 17.3 Å². The first kappa shape index (κ1) is 9.47. The summed E-state index contributed by atoms with van der Waals surface area (Å²) in [5, 5.41) is 3.48. The van der Waals surface area contributed by atoms with Gasteiger partial charge in [-0.05, 0) is 36.5 Å². The summed E-state index contributed by atoms with van der Waals surface area (Å²) in [5.41, 5.74) is 0.599. The first-order chi connectivity index (χ1) is 6.23. The molecule has 1 N–H and O–H groups in total. The van der Waals surface area contributed by atoms with Crippen molar-refractivity contribution in [3.8, 4) is 0 Å². The molecule has 2 aliphatic carbocycles. The predicted molar refractivity (Wildman–Crippen MR) is 53.7 cm³/mol. The summed E-state index contributed by atoms with van der Waals surface area (Å²) in [6.45, 7) is 5.45. The minimum absolute atomic E-state index is 0.599. The Hall–Kier alpha value is -0.0800. The number of hydrogen-bond donors (Lipinski definition) is 1. The topological polar surface area (TPSA) is 21.3 Å². The minimum atomic E-state index is 0.599. The molecule has 0 aromatic rings. The van der Waals surface area contributed by atoms with Crippen LogP contribution in [0.25, 0.3) is 0 Å². The summed E-state index contributed by atoms with van der Waals surface area (Å²) in [5.74, 6) is 2.18. The third kappa shape index (κ3) is 2.23. The molecule has 0 radical (unpaired) electrons. The van der Waals surface area contributed by atoms with Gasteiger partial charge in [0.05, 0.1) is 6.61 Å². The molecular weight excluding hydrogens is 162 g/mol. The summed E-state index contributed by atoms with van der Waals surface area (Å²) in [7, 11) is 1.76. The van der Waals surface area contributed by atoms with E-state index in [-0.39, 0.29) is 0 Å². The van der Waals surface area contributed by atoms with Gasteiger partial charge in [0.2, 0.25) is 0 Å². The third-order valence-corrected chi connectivity index (χ3v) is 3.61. The van der Waals surface area contributed by atoms with Crippen molar-refractivity contribution in [3.05, 3.63) is 0 Å². The number of rotatable bonds is 5. The highest BCUT2D eigenvalue weighted by Crippen LogP contribution is 2.59. The second-order valence-corrected chi connectivity index (χ2v) is 5.14. The van der Waals surface area contributed by atoms with Crippen LogP contribution in [-0.2, 0) is 4.74 Å². The van der Waals surface area contributed by atoms with Gasteiger partial charge in [-0.25, -0.2) is 0 Å². The second kappa shape index (κ2) is 3.58. The van der Waals surface area contributed by atoms with E-state index in [0.29, 0.717) is 5.41 Å². The van der Waals surface area contributed by atoms with E-state index in [1.165, 1.54) is 25.8 Å². The van der Waals surface area contributed by atoms with Crippen molar-refractivity contribution in [3.63, 3.8) is 0 Å². The monoisotopic (exact) mass is 183 g/mol. The van der Waals surface area contributed by atoms with Crippen molar-refractivity contribution in [2.24, 2.45) is 17.3 Å². The van der Waals surface area contributed by atoms with E-state index in [2.05, 4.69) is 12.2 Å². The van der Waals surface area contributed by atoms with Crippen LogP contribution in [0.5, 0.6) is 0 Å². The van der Waals surface area contributed by atoms with Gasteiger partial charge >= 0.3 is 0 Å². The van der Waals surface area contributed by atoms with Crippen LogP contribution in [0.4, 0.5) is 0 Å². The van der Waals surface area contributed by atoms with Gasteiger partial charge in [0.1, 0.15) is 0 Å². The lowest BCUT2D eigenvalue weighted by molar-refractivity contribution is 0.190. The lowest BCUT2D eigenvalue weighted by atomic mass is 9.85. The fourth-order valence-electron chi connectivity index (χ4n) is 2.87. The highest BCUT2D eigenvalue weighted by molar-refractivity contribution is 5.02. The molecule has 2 saturated carbocycles. The van der Waals surface area contributed by atoms with Crippen LogP contribution in [0.15, 0.2) is 0 Å². The molecule has 2 aliphatic rings. The van der Waals surface area contributed by atoms with Crippen molar-refractivity contribution in [1.82, 2.24) is 5.32 Å². The van der Waals surface area contributed by atoms with Gasteiger partial charge < -0.3 is 10.1 Å². The molecule has 2 unspecified atom stereocenters. The van der Waals surface area contributed by atoms with Gasteiger partial charge in [0.25, 0.3) is 0 Å². The summed E-state index contributed by atoms with van der Waals surface area (Å²) in [4.78, 5) is 0. The third-order valence-electron chi connectivity index (χ3n) is 3.61. The van der Waals surface area contributed by atoms with Gasteiger partial charge in [-0.2, -0.15) is 0 Å². The Morgan fingerprint density at radius 2 is 2.08 bits per heavy atom. The summed E-state index contributed by atoms with van der Waals surface area (Å²) >= 11 is 0. The van der Waals surface area contributed by atoms with E-state index in [1.807, 2.05) is 0 Å². The Kier molecular flexibility index (Phi) is 2.61. The Morgan fingerprint density at radius 3 is 2.69 bits per heavy atom. The number of ether oxygens (including phenoxy) is 1. The Morgan fingerprint density at radius 1 is 1.38 bits per heavy atom. The maximum atomic E-state index is 5.01. The minimum Gasteiger partial charge on any atom is -0.383 e. The second-order valence-electron chi connectivity index (χ2n) is 5.14. The normalized spacial score (nSPS) is 42.0. The molecule has 0 heterocycles. The van der Waals surface area contributed by atoms with Crippen LogP contribution < -0.4 is 5.32 Å². The Labute approximate surface area is 81.0 Å². The van der Waals surface area contributed by atoms with E-state index in [0.717, 1.165) is 25.0 Å².